The number of hydrogen-bond donors (Lipinski definition) is 0. The van der Waals surface area contributed by atoms with Crippen LogP contribution in [0.15, 0.2) is 48.7 Å². The van der Waals surface area contributed by atoms with Crippen molar-refractivity contribution in [1.82, 2.24) is 4.98 Å². The third-order valence-electron chi connectivity index (χ3n) is 3.52. The van der Waals surface area contributed by atoms with Crippen LogP contribution in [0.2, 0.25) is 0 Å². The van der Waals surface area contributed by atoms with Crippen molar-refractivity contribution in [2.24, 2.45) is 0 Å². The van der Waals surface area contributed by atoms with Gasteiger partial charge in [0.25, 0.3) is 0 Å². The lowest BCUT2D eigenvalue weighted by atomic mass is 9.98. The zero-order valence-electron chi connectivity index (χ0n) is 9.35. The van der Waals surface area contributed by atoms with Crippen LogP contribution < -0.4 is 0 Å². The van der Waals surface area contributed by atoms with Gasteiger partial charge in [0.15, 0.2) is 0 Å². The molecule has 0 radical (unpaired) electrons. The molecule has 1 aromatic heterocycles. The molecule has 1 aliphatic rings. The summed E-state index contributed by atoms with van der Waals surface area (Å²) >= 11 is 0. The first kappa shape index (κ1) is 8.94. The van der Waals surface area contributed by atoms with Crippen molar-refractivity contribution in [3.8, 4) is 0 Å². The summed E-state index contributed by atoms with van der Waals surface area (Å²) in [4.78, 5) is 4.56. The van der Waals surface area contributed by atoms with Gasteiger partial charge in [-0.2, -0.15) is 0 Å². The second-order valence-electron chi connectivity index (χ2n) is 4.48. The van der Waals surface area contributed by atoms with E-state index in [9.17, 15) is 0 Å². The molecule has 17 heavy (non-hydrogen) atoms. The normalized spacial score (nSPS) is 13.4. The fourth-order valence-corrected chi connectivity index (χ4v) is 2.72. The smallest absolute Gasteiger partial charge is 0.0783 e. The Labute approximate surface area is 99.4 Å². The highest BCUT2D eigenvalue weighted by molar-refractivity contribution is 6.08. The number of aromatic nitrogens is 1. The molecule has 2 aromatic carbocycles. The molecule has 1 heterocycles. The van der Waals surface area contributed by atoms with Crippen LogP contribution in [0.3, 0.4) is 0 Å². The van der Waals surface area contributed by atoms with Gasteiger partial charge in [-0.15, -0.1) is 0 Å². The van der Waals surface area contributed by atoms with Crippen LogP contribution in [0.5, 0.6) is 0 Å². The maximum atomic E-state index is 4.56. The average Bonchev–Trinajstić information content (AvgIpc) is 2.86. The van der Waals surface area contributed by atoms with Crippen LogP contribution in [0.1, 0.15) is 11.1 Å². The van der Waals surface area contributed by atoms with Crippen LogP contribution in [0.25, 0.3) is 27.8 Å². The Morgan fingerprint density at radius 2 is 1.82 bits per heavy atom. The van der Waals surface area contributed by atoms with Gasteiger partial charge in [0.1, 0.15) is 0 Å². The van der Waals surface area contributed by atoms with Crippen molar-refractivity contribution in [3.63, 3.8) is 0 Å². The molecule has 0 aliphatic heterocycles. The Balaban J connectivity index is 2.29. The van der Waals surface area contributed by atoms with E-state index in [2.05, 4.69) is 47.5 Å². The van der Waals surface area contributed by atoms with Gasteiger partial charge in [-0.3, -0.25) is 4.98 Å². The van der Waals surface area contributed by atoms with E-state index in [-0.39, 0.29) is 0 Å². The molecule has 0 spiro atoms. The lowest BCUT2D eigenvalue weighted by Crippen LogP contribution is -1.88. The van der Waals surface area contributed by atoms with Crippen molar-refractivity contribution in [2.75, 3.05) is 0 Å². The minimum Gasteiger partial charge on any atom is -0.256 e. The van der Waals surface area contributed by atoms with E-state index in [0.29, 0.717) is 0 Å². The highest BCUT2D eigenvalue weighted by Gasteiger charge is 2.12. The number of hydrogen-bond acceptors (Lipinski definition) is 1. The molecular weight excluding hydrogens is 206 g/mol. The summed E-state index contributed by atoms with van der Waals surface area (Å²) in [6.45, 7) is 0. The monoisotopic (exact) mass is 217 g/mol. The second-order valence-corrected chi connectivity index (χ2v) is 4.48. The van der Waals surface area contributed by atoms with E-state index in [1.54, 1.807) is 0 Å². The Morgan fingerprint density at radius 1 is 0.941 bits per heavy atom. The van der Waals surface area contributed by atoms with E-state index in [0.717, 1.165) is 11.9 Å². The third-order valence-corrected chi connectivity index (χ3v) is 3.52. The Kier molecular flexibility index (Phi) is 1.67. The first-order valence-corrected chi connectivity index (χ1v) is 5.89. The molecule has 1 heteroatoms. The predicted molar refractivity (Wildman–Crippen MR) is 72.0 cm³/mol. The minimum atomic E-state index is 1.03. The highest BCUT2D eigenvalue weighted by Crippen LogP contribution is 2.32. The van der Waals surface area contributed by atoms with Crippen molar-refractivity contribution in [3.05, 3.63) is 59.8 Å². The molecule has 0 atom stereocenters. The van der Waals surface area contributed by atoms with Gasteiger partial charge in [-0.1, -0.05) is 42.5 Å². The van der Waals surface area contributed by atoms with Gasteiger partial charge >= 0.3 is 0 Å². The van der Waals surface area contributed by atoms with E-state index < -0.39 is 0 Å². The number of fused-ring (bicyclic) bond motifs is 5. The average molecular weight is 217 g/mol. The molecule has 4 rings (SSSR count). The van der Waals surface area contributed by atoms with Gasteiger partial charge in [0.2, 0.25) is 0 Å². The van der Waals surface area contributed by atoms with E-state index in [4.69, 9.17) is 0 Å². The van der Waals surface area contributed by atoms with Crippen LogP contribution in [-0.2, 0) is 6.42 Å². The molecule has 0 saturated carbocycles. The summed E-state index contributed by atoms with van der Waals surface area (Å²) in [5.41, 5.74) is 3.90. The van der Waals surface area contributed by atoms with Crippen LogP contribution in [0.4, 0.5) is 0 Å². The first-order valence-electron chi connectivity index (χ1n) is 5.89. The van der Waals surface area contributed by atoms with Gasteiger partial charge in [-0.25, -0.2) is 0 Å². The Bertz CT molecular complexity index is 769. The van der Waals surface area contributed by atoms with Gasteiger partial charge in [-0.05, 0) is 29.0 Å². The molecule has 3 aromatic rings. The molecule has 80 valence electrons. The van der Waals surface area contributed by atoms with Crippen molar-refractivity contribution < 1.29 is 0 Å². The van der Waals surface area contributed by atoms with Crippen LogP contribution in [0, 0.1) is 0 Å². The van der Waals surface area contributed by atoms with Crippen molar-refractivity contribution in [1.29, 1.82) is 0 Å². The molecule has 0 amide bonds. The summed E-state index contributed by atoms with van der Waals surface area (Å²) in [6.07, 6.45) is 7.34. The quantitative estimate of drug-likeness (QED) is 0.519. The van der Waals surface area contributed by atoms with Crippen molar-refractivity contribution >= 4 is 27.8 Å². The molecule has 0 saturated heterocycles. The number of rotatable bonds is 0. The molecule has 1 aliphatic carbocycles. The zero-order chi connectivity index (χ0) is 11.2. The molecular formula is C16H11N. The lowest BCUT2D eigenvalue weighted by Gasteiger charge is -2.08. The maximum absolute atomic E-state index is 4.56. The number of allylic oxidation sites excluding steroid dienone is 1. The fourth-order valence-electron chi connectivity index (χ4n) is 2.72. The summed E-state index contributed by atoms with van der Waals surface area (Å²) in [5, 5.41) is 3.84. The zero-order valence-corrected chi connectivity index (χ0v) is 9.35. The number of pyridine rings is 1. The second kappa shape index (κ2) is 3.17. The SMILES string of the molecule is C1=Cc2ccc3ccc4cccnc4c3c2C1. The molecule has 1 nitrogen and oxygen atoms in total. The summed E-state index contributed by atoms with van der Waals surface area (Å²) in [7, 11) is 0. The lowest BCUT2D eigenvalue weighted by molar-refractivity contribution is 1.34. The highest BCUT2D eigenvalue weighted by atomic mass is 14.6. The van der Waals surface area contributed by atoms with Gasteiger partial charge in [0.05, 0.1) is 5.52 Å². The van der Waals surface area contributed by atoms with E-state index in [1.165, 1.54) is 27.3 Å². The number of nitrogens with zero attached hydrogens (tertiary/aromatic N) is 1. The predicted octanol–water partition coefficient (Wildman–Crippen LogP) is 3.96. The van der Waals surface area contributed by atoms with Crippen LogP contribution in [-0.4, -0.2) is 4.98 Å². The summed E-state index contributed by atoms with van der Waals surface area (Å²) < 4.78 is 0. The third kappa shape index (κ3) is 1.17. The molecule has 0 fully saturated rings. The van der Waals surface area contributed by atoms with Crippen molar-refractivity contribution in [2.45, 2.75) is 6.42 Å². The standard InChI is InChI=1S/C16H11N/c1-3-11-6-7-12-8-9-13-4-2-10-17-16(13)15(12)14(11)5-1/h1-4,6-10H,5H2. The largest absolute Gasteiger partial charge is 0.256 e. The van der Waals surface area contributed by atoms with Gasteiger partial charge in [0, 0.05) is 17.0 Å². The fraction of sp³-hybridized carbons (Fsp3) is 0.0625. The summed E-state index contributed by atoms with van der Waals surface area (Å²) in [6, 6.07) is 12.9. The van der Waals surface area contributed by atoms with Gasteiger partial charge < -0.3 is 0 Å². The van der Waals surface area contributed by atoms with E-state index in [1.807, 2.05) is 12.3 Å². The molecule has 0 N–H and O–H groups in total. The maximum Gasteiger partial charge on any atom is 0.0783 e. The first-order chi connectivity index (χ1) is 8.43. The topological polar surface area (TPSA) is 12.9 Å². The Hall–Kier alpha value is -2.15. The Morgan fingerprint density at radius 3 is 2.82 bits per heavy atom. The number of benzene rings is 2. The van der Waals surface area contributed by atoms with E-state index >= 15 is 0 Å². The minimum absolute atomic E-state index is 1.03. The molecule has 0 unspecified atom stereocenters. The molecule has 0 bridgehead atoms. The van der Waals surface area contributed by atoms with Crippen LogP contribution >= 0.6 is 0 Å². The summed E-state index contributed by atoms with van der Waals surface area (Å²) in [5.74, 6) is 0.